The summed E-state index contributed by atoms with van der Waals surface area (Å²) < 4.78 is 11.1. The number of allylic oxidation sites excluding steroid dienone is 3. The van der Waals surface area contributed by atoms with E-state index < -0.39 is 5.97 Å². The number of rotatable bonds is 5. The highest BCUT2D eigenvalue weighted by Gasteiger charge is 2.23. The van der Waals surface area contributed by atoms with E-state index in [1.807, 2.05) is 25.1 Å². The molecule has 0 unspecified atom stereocenters. The predicted octanol–water partition coefficient (Wildman–Crippen LogP) is 2.76. The quantitative estimate of drug-likeness (QED) is 0.859. The van der Waals surface area contributed by atoms with Gasteiger partial charge in [0.05, 0.1) is 5.70 Å². The number of carboxylic acids is 1. The minimum Gasteiger partial charge on any atom is -0.486 e. The van der Waals surface area contributed by atoms with Crippen LogP contribution in [0.1, 0.15) is 12.5 Å². The van der Waals surface area contributed by atoms with E-state index in [1.165, 1.54) is 0 Å². The van der Waals surface area contributed by atoms with Crippen LogP contribution >= 0.6 is 0 Å². The van der Waals surface area contributed by atoms with Crippen LogP contribution in [0.4, 0.5) is 0 Å². The lowest BCUT2D eigenvalue weighted by Crippen LogP contribution is -2.29. The van der Waals surface area contributed by atoms with Crippen LogP contribution in [-0.4, -0.2) is 29.2 Å². The molecule has 0 spiro atoms. The second-order valence-corrected chi connectivity index (χ2v) is 5.58. The van der Waals surface area contributed by atoms with E-state index in [9.17, 15) is 9.90 Å². The molecule has 3 rings (SSSR count). The van der Waals surface area contributed by atoms with Crippen molar-refractivity contribution in [2.75, 3.05) is 13.2 Å². The Kier molecular flexibility index (Phi) is 4.79. The van der Waals surface area contributed by atoms with Gasteiger partial charge in [-0.2, -0.15) is 0 Å². The van der Waals surface area contributed by atoms with Gasteiger partial charge >= 0.3 is 5.97 Å². The molecule has 0 radical (unpaired) electrons. The molecule has 130 valence electrons. The minimum atomic E-state index is -1.02. The summed E-state index contributed by atoms with van der Waals surface area (Å²) in [5, 5.41) is 12.8. The summed E-state index contributed by atoms with van der Waals surface area (Å²) in [5.74, 6) is 0.419. The van der Waals surface area contributed by atoms with Gasteiger partial charge in [-0.1, -0.05) is 18.7 Å². The SMILES string of the molecule is C=C1C=CC(NCc2ccc3c(c2)OCCO3)=C(C(=O)O)N1/C=C\C. The average Bonchev–Trinajstić information content (AvgIpc) is 2.61. The molecule has 0 saturated heterocycles. The first-order chi connectivity index (χ1) is 12.1. The zero-order chi connectivity index (χ0) is 17.8. The molecule has 2 N–H and O–H groups in total. The van der Waals surface area contributed by atoms with Crippen molar-refractivity contribution in [3.05, 3.63) is 71.9 Å². The zero-order valence-electron chi connectivity index (χ0n) is 14.0. The van der Waals surface area contributed by atoms with Crippen molar-refractivity contribution < 1.29 is 19.4 Å². The fourth-order valence-corrected chi connectivity index (χ4v) is 2.69. The van der Waals surface area contributed by atoms with Crippen LogP contribution in [0.25, 0.3) is 0 Å². The fraction of sp³-hybridized carbons (Fsp3) is 0.211. The van der Waals surface area contributed by atoms with Gasteiger partial charge < -0.3 is 24.8 Å². The third kappa shape index (κ3) is 3.52. The molecule has 6 heteroatoms. The number of aliphatic carboxylic acids is 1. The normalized spacial score (nSPS) is 16.5. The summed E-state index contributed by atoms with van der Waals surface area (Å²) in [7, 11) is 0. The Morgan fingerprint density at radius 1 is 1.32 bits per heavy atom. The molecule has 2 aliphatic rings. The number of carbonyl (C=O) groups is 1. The van der Waals surface area contributed by atoms with E-state index in [0.717, 1.165) is 11.3 Å². The van der Waals surface area contributed by atoms with Crippen LogP contribution in [0.2, 0.25) is 0 Å². The van der Waals surface area contributed by atoms with Gasteiger partial charge in [-0.3, -0.25) is 0 Å². The van der Waals surface area contributed by atoms with E-state index in [4.69, 9.17) is 9.47 Å². The summed E-state index contributed by atoms with van der Waals surface area (Å²) >= 11 is 0. The van der Waals surface area contributed by atoms with Gasteiger partial charge in [0.1, 0.15) is 13.2 Å². The third-order valence-corrected chi connectivity index (χ3v) is 3.84. The summed E-state index contributed by atoms with van der Waals surface area (Å²) in [6.07, 6.45) is 6.95. The van der Waals surface area contributed by atoms with Crippen LogP contribution < -0.4 is 14.8 Å². The molecule has 0 amide bonds. The first-order valence-electron chi connectivity index (χ1n) is 7.99. The lowest BCUT2D eigenvalue weighted by atomic mass is 10.1. The highest BCUT2D eigenvalue weighted by atomic mass is 16.6. The number of hydrogen-bond acceptors (Lipinski definition) is 5. The molecule has 25 heavy (non-hydrogen) atoms. The molecular weight excluding hydrogens is 320 g/mol. The van der Waals surface area contributed by atoms with Gasteiger partial charge in [0, 0.05) is 18.4 Å². The Hall–Kier alpha value is -3.15. The van der Waals surface area contributed by atoms with Crippen molar-refractivity contribution in [3.63, 3.8) is 0 Å². The van der Waals surface area contributed by atoms with E-state index in [0.29, 0.717) is 36.9 Å². The molecule has 0 saturated carbocycles. The molecular formula is C19H20N2O4. The molecule has 6 nitrogen and oxygen atoms in total. The maximum atomic E-state index is 11.7. The van der Waals surface area contributed by atoms with Crippen LogP contribution in [0, 0.1) is 0 Å². The second kappa shape index (κ2) is 7.17. The van der Waals surface area contributed by atoms with Crippen molar-refractivity contribution in [3.8, 4) is 11.5 Å². The van der Waals surface area contributed by atoms with Crippen molar-refractivity contribution >= 4 is 5.97 Å². The van der Waals surface area contributed by atoms with Gasteiger partial charge in [-0.15, -0.1) is 0 Å². The summed E-state index contributed by atoms with van der Waals surface area (Å²) in [6.45, 7) is 7.25. The summed E-state index contributed by atoms with van der Waals surface area (Å²) in [4.78, 5) is 13.3. The molecule has 1 aromatic carbocycles. The molecule has 0 bridgehead atoms. The van der Waals surface area contributed by atoms with Crippen molar-refractivity contribution in [2.24, 2.45) is 0 Å². The molecule has 2 heterocycles. The number of nitrogens with one attached hydrogen (secondary N) is 1. The number of fused-ring (bicyclic) bond motifs is 1. The standard InChI is InChI=1S/C19H20N2O4/c1-3-8-21-13(2)4-6-15(18(21)19(22)23)20-12-14-5-7-16-17(11-14)25-10-9-24-16/h3-8,11,20H,2,9-10,12H2,1H3,(H,22,23)/b8-3-. The van der Waals surface area contributed by atoms with E-state index in [2.05, 4.69) is 11.9 Å². The number of nitrogens with zero attached hydrogens (tertiary/aromatic N) is 1. The Morgan fingerprint density at radius 3 is 2.80 bits per heavy atom. The Labute approximate surface area is 146 Å². The highest BCUT2D eigenvalue weighted by Crippen LogP contribution is 2.31. The van der Waals surface area contributed by atoms with Crippen molar-refractivity contribution in [2.45, 2.75) is 13.5 Å². The van der Waals surface area contributed by atoms with Crippen LogP contribution in [0.5, 0.6) is 11.5 Å². The molecule has 0 aliphatic carbocycles. The fourth-order valence-electron chi connectivity index (χ4n) is 2.69. The number of carboxylic acid groups (broad SMARTS) is 1. The smallest absolute Gasteiger partial charge is 0.355 e. The first kappa shape index (κ1) is 16.7. The summed E-state index contributed by atoms with van der Waals surface area (Å²) in [6, 6.07) is 5.69. The predicted molar refractivity (Wildman–Crippen MR) is 93.9 cm³/mol. The van der Waals surface area contributed by atoms with Crippen molar-refractivity contribution in [1.29, 1.82) is 0 Å². The highest BCUT2D eigenvalue weighted by molar-refractivity contribution is 5.88. The monoisotopic (exact) mass is 340 g/mol. The van der Waals surface area contributed by atoms with E-state index in [1.54, 1.807) is 29.3 Å². The molecule has 0 fully saturated rings. The van der Waals surface area contributed by atoms with Gasteiger partial charge in [0.2, 0.25) is 0 Å². The van der Waals surface area contributed by atoms with Crippen LogP contribution in [-0.2, 0) is 11.3 Å². The Balaban J connectivity index is 1.81. The maximum absolute atomic E-state index is 11.7. The van der Waals surface area contributed by atoms with E-state index in [-0.39, 0.29) is 5.70 Å². The zero-order valence-corrected chi connectivity index (χ0v) is 14.0. The summed E-state index contributed by atoms with van der Waals surface area (Å²) in [5.41, 5.74) is 2.23. The third-order valence-electron chi connectivity index (χ3n) is 3.84. The van der Waals surface area contributed by atoms with Gasteiger partial charge in [-0.25, -0.2) is 4.79 Å². The Morgan fingerprint density at radius 2 is 2.08 bits per heavy atom. The topological polar surface area (TPSA) is 71.0 Å². The van der Waals surface area contributed by atoms with E-state index >= 15 is 0 Å². The second-order valence-electron chi connectivity index (χ2n) is 5.58. The van der Waals surface area contributed by atoms with Crippen LogP contribution in [0.3, 0.4) is 0 Å². The first-order valence-corrected chi connectivity index (χ1v) is 7.99. The van der Waals surface area contributed by atoms with Crippen LogP contribution in [0.15, 0.2) is 66.3 Å². The van der Waals surface area contributed by atoms with Gasteiger partial charge in [0.15, 0.2) is 17.2 Å². The molecule has 0 aromatic heterocycles. The molecule has 2 aliphatic heterocycles. The largest absolute Gasteiger partial charge is 0.486 e. The minimum absolute atomic E-state index is 0.142. The van der Waals surface area contributed by atoms with Gasteiger partial charge in [-0.05, 0) is 36.8 Å². The van der Waals surface area contributed by atoms with Gasteiger partial charge in [0.25, 0.3) is 0 Å². The Bertz CT molecular complexity index is 793. The number of hydrogen-bond donors (Lipinski definition) is 2. The lowest BCUT2D eigenvalue weighted by Gasteiger charge is -2.27. The average molecular weight is 340 g/mol. The number of ether oxygens (including phenoxy) is 2. The lowest BCUT2D eigenvalue weighted by molar-refractivity contribution is -0.134. The molecule has 0 atom stereocenters. The molecule has 1 aromatic rings. The maximum Gasteiger partial charge on any atom is 0.355 e. The van der Waals surface area contributed by atoms with Crippen molar-refractivity contribution in [1.82, 2.24) is 10.2 Å². The number of benzene rings is 1.